The van der Waals surface area contributed by atoms with E-state index in [2.05, 4.69) is 24.3 Å². The summed E-state index contributed by atoms with van der Waals surface area (Å²) in [7, 11) is 0. The second-order valence-corrected chi connectivity index (χ2v) is 9.06. The van der Waals surface area contributed by atoms with Crippen molar-refractivity contribution < 1.29 is 19.8 Å². The molecule has 3 rings (SSSR count). The van der Waals surface area contributed by atoms with E-state index in [1.54, 1.807) is 0 Å². The van der Waals surface area contributed by atoms with Gasteiger partial charge in [-0.25, -0.2) is 0 Å². The number of carbonyl (C=O) groups is 2. The minimum absolute atomic E-state index is 0.377. The maximum atomic E-state index is 11.2. The lowest BCUT2D eigenvalue weighted by Gasteiger charge is -2.12. The normalized spacial score (nSPS) is 18.6. The van der Waals surface area contributed by atoms with E-state index in [-0.39, 0.29) is 10.8 Å². The molecule has 2 aliphatic carbocycles. The van der Waals surface area contributed by atoms with Crippen LogP contribution in [0.4, 0.5) is 0 Å². The van der Waals surface area contributed by atoms with E-state index >= 15 is 0 Å². The zero-order valence-electron chi connectivity index (χ0n) is 16.9. The monoisotopic (exact) mass is 386 g/mol. The Hall–Kier alpha value is -1.84. The number of benzene rings is 1. The van der Waals surface area contributed by atoms with Crippen LogP contribution in [0.15, 0.2) is 24.3 Å². The van der Waals surface area contributed by atoms with E-state index in [4.69, 9.17) is 0 Å². The Balaban J connectivity index is 1.32. The molecule has 2 aliphatic rings. The van der Waals surface area contributed by atoms with Gasteiger partial charge in [0.15, 0.2) is 0 Å². The lowest BCUT2D eigenvalue weighted by Crippen LogP contribution is -2.14. The predicted octanol–water partition coefficient (Wildman–Crippen LogP) is 5.62. The maximum absolute atomic E-state index is 11.2. The van der Waals surface area contributed by atoms with Gasteiger partial charge in [-0.2, -0.15) is 0 Å². The number of aryl methyl sites for hydroxylation is 2. The van der Waals surface area contributed by atoms with Crippen LogP contribution in [-0.4, -0.2) is 22.2 Å². The molecule has 154 valence electrons. The van der Waals surface area contributed by atoms with Crippen molar-refractivity contribution in [3.05, 3.63) is 35.4 Å². The summed E-state index contributed by atoms with van der Waals surface area (Å²) in [5.74, 6) is -1.21. The summed E-state index contributed by atoms with van der Waals surface area (Å²) in [5, 5.41) is 18.5. The molecule has 0 bridgehead atoms. The van der Waals surface area contributed by atoms with Crippen LogP contribution in [0.2, 0.25) is 0 Å². The van der Waals surface area contributed by atoms with E-state index in [1.165, 1.54) is 11.1 Å². The summed E-state index contributed by atoms with van der Waals surface area (Å²) in [6.07, 6.45) is 13.7. The number of unbranched alkanes of at least 4 members (excludes halogenated alkanes) is 4. The number of carboxylic acids is 2. The van der Waals surface area contributed by atoms with Gasteiger partial charge in [-0.05, 0) is 75.3 Å². The van der Waals surface area contributed by atoms with Gasteiger partial charge in [-0.3, -0.25) is 9.59 Å². The Morgan fingerprint density at radius 1 is 0.679 bits per heavy atom. The van der Waals surface area contributed by atoms with Gasteiger partial charge in [-0.1, -0.05) is 49.9 Å². The largest absolute Gasteiger partial charge is 0.481 e. The SMILES string of the molecule is O=C(O)C1(CCCCCc2ccccc2CCCCCC2(C(=O)O)CC2)CC1. The van der Waals surface area contributed by atoms with E-state index in [1.807, 2.05) is 0 Å². The third kappa shape index (κ3) is 5.36. The summed E-state index contributed by atoms with van der Waals surface area (Å²) in [6, 6.07) is 8.65. The smallest absolute Gasteiger partial charge is 0.309 e. The van der Waals surface area contributed by atoms with Crippen molar-refractivity contribution in [1.82, 2.24) is 0 Å². The minimum Gasteiger partial charge on any atom is -0.481 e. The van der Waals surface area contributed by atoms with Crippen LogP contribution < -0.4 is 0 Å². The second-order valence-electron chi connectivity index (χ2n) is 9.06. The van der Waals surface area contributed by atoms with Gasteiger partial charge >= 0.3 is 11.9 Å². The molecule has 2 saturated carbocycles. The summed E-state index contributed by atoms with van der Waals surface area (Å²) < 4.78 is 0. The van der Waals surface area contributed by atoms with Crippen molar-refractivity contribution in [3.63, 3.8) is 0 Å². The van der Waals surface area contributed by atoms with Gasteiger partial charge in [0, 0.05) is 0 Å². The van der Waals surface area contributed by atoms with E-state index in [0.29, 0.717) is 0 Å². The molecule has 2 fully saturated rings. The van der Waals surface area contributed by atoms with Crippen LogP contribution >= 0.6 is 0 Å². The highest BCUT2D eigenvalue weighted by atomic mass is 16.4. The summed E-state index contributed by atoms with van der Waals surface area (Å²) >= 11 is 0. The van der Waals surface area contributed by atoms with Crippen molar-refractivity contribution in [3.8, 4) is 0 Å². The Labute approximate surface area is 168 Å². The zero-order chi connectivity index (χ0) is 20.0. The number of rotatable bonds is 14. The third-order valence-corrected chi connectivity index (χ3v) is 6.94. The number of aliphatic carboxylic acids is 2. The number of carboxylic acid groups (broad SMARTS) is 2. The third-order valence-electron chi connectivity index (χ3n) is 6.94. The first-order chi connectivity index (χ1) is 13.5. The average Bonchev–Trinajstić information content (AvgIpc) is 3.58. The van der Waals surface area contributed by atoms with Crippen LogP contribution in [0, 0.1) is 10.8 Å². The zero-order valence-corrected chi connectivity index (χ0v) is 16.9. The van der Waals surface area contributed by atoms with Crippen molar-refractivity contribution in [1.29, 1.82) is 0 Å². The first-order valence-corrected chi connectivity index (χ1v) is 11.0. The molecule has 28 heavy (non-hydrogen) atoms. The molecule has 1 aromatic rings. The fourth-order valence-electron chi connectivity index (χ4n) is 4.40. The molecule has 0 spiro atoms. The number of hydrogen-bond donors (Lipinski definition) is 2. The Bertz CT molecular complexity index is 627. The molecule has 0 heterocycles. The molecule has 4 heteroatoms. The quantitative estimate of drug-likeness (QED) is 0.407. The predicted molar refractivity (Wildman–Crippen MR) is 109 cm³/mol. The standard InChI is InChI=1S/C24H34O4/c25-21(26)23(15-16-23)13-7-1-3-9-19-11-5-6-12-20(19)10-4-2-8-14-24(17-18-24)22(27)28/h5-6,11-12H,1-4,7-10,13-18H2,(H,25,26)(H,27,28). The van der Waals surface area contributed by atoms with Crippen LogP contribution in [0.3, 0.4) is 0 Å². The van der Waals surface area contributed by atoms with Crippen molar-refractivity contribution >= 4 is 11.9 Å². The summed E-state index contributed by atoms with van der Waals surface area (Å²) in [6.45, 7) is 0. The van der Waals surface area contributed by atoms with Gasteiger partial charge in [0.1, 0.15) is 0 Å². The highest BCUT2D eigenvalue weighted by Crippen LogP contribution is 2.50. The van der Waals surface area contributed by atoms with Crippen LogP contribution in [0.1, 0.15) is 88.2 Å². The first kappa shape index (κ1) is 20.9. The molecule has 0 radical (unpaired) electrons. The average molecular weight is 387 g/mol. The van der Waals surface area contributed by atoms with Gasteiger partial charge < -0.3 is 10.2 Å². The van der Waals surface area contributed by atoms with E-state index in [0.717, 1.165) is 89.9 Å². The molecular weight excluding hydrogens is 352 g/mol. The lowest BCUT2D eigenvalue weighted by atomic mass is 9.94. The molecule has 0 aromatic heterocycles. The Morgan fingerprint density at radius 3 is 1.39 bits per heavy atom. The van der Waals surface area contributed by atoms with Crippen molar-refractivity contribution in [2.45, 2.75) is 89.9 Å². The van der Waals surface area contributed by atoms with Gasteiger partial charge in [0.25, 0.3) is 0 Å². The van der Waals surface area contributed by atoms with E-state index in [9.17, 15) is 19.8 Å². The molecule has 0 unspecified atom stereocenters. The van der Waals surface area contributed by atoms with Crippen LogP contribution in [-0.2, 0) is 22.4 Å². The van der Waals surface area contributed by atoms with Crippen molar-refractivity contribution in [2.24, 2.45) is 10.8 Å². The molecule has 0 amide bonds. The van der Waals surface area contributed by atoms with Crippen LogP contribution in [0.5, 0.6) is 0 Å². The molecule has 0 atom stereocenters. The molecule has 2 N–H and O–H groups in total. The maximum Gasteiger partial charge on any atom is 0.309 e. The molecule has 4 nitrogen and oxygen atoms in total. The van der Waals surface area contributed by atoms with Crippen molar-refractivity contribution in [2.75, 3.05) is 0 Å². The van der Waals surface area contributed by atoms with Gasteiger partial charge in [0.2, 0.25) is 0 Å². The first-order valence-electron chi connectivity index (χ1n) is 11.0. The molecule has 0 aliphatic heterocycles. The van der Waals surface area contributed by atoms with Crippen LogP contribution in [0.25, 0.3) is 0 Å². The Morgan fingerprint density at radius 2 is 1.07 bits per heavy atom. The topological polar surface area (TPSA) is 74.6 Å². The molecule has 1 aromatic carbocycles. The van der Waals surface area contributed by atoms with E-state index < -0.39 is 11.9 Å². The van der Waals surface area contributed by atoms with Gasteiger partial charge in [0.05, 0.1) is 10.8 Å². The highest BCUT2D eigenvalue weighted by molar-refractivity contribution is 5.78. The molecule has 0 saturated heterocycles. The molecular formula is C24H34O4. The number of hydrogen-bond acceptors (Lipinski definition) is 2. The second kappa shape index (κ2) is 9.11. The summed E-state index contributed by atoms with van der Waals surface area (Å²) in [5.41, 5.74) is 2.09. The Kier molecular flexibility index (Phi) is 6.79. The highest BCUT2D eigenvalue weighted by Gasteiger charge is 2.49. The fourth-order valence-corrected chi connectivity index (χ4v) is 4.40. The minimum atomic E-state index is -0.603. The summed E-state index contributed by atoms with van der Waals surface area (Å²) in [4.78, 5) is 22.4. The van der Waals surface area contributed by atoms with Gasteiger partial charge in [-0.15, -0.1) is 0 Å². The fraction of sp³-hybridized carbons (Fsp3) is 0.667. The lowest BCUT2D eigenvalue weighted by molar-refractivity contribution is -0.144.